The van der Waals surface area contributed by atoms with Gasteiger partial charge >= 0.3 is 0 Å². The minimum absolute atomic E-state index is 0.163. The van der Waals surface area contributed by atoms with Crippen molar-refractivity contribution in [3.8, 4) is 11.5 Å². The topological polar surface area (TPSA) is 60.8 Å². The second-order valence-corrected chi connectivity index (χ2v) is 9.04. The molecule has 0 spiro atoms. The number of hydrogen-bond donors (Lipinski definition) is 0. The molecule has 0 unspecified atom stereocenters. The summed E-state index contributed by atoms with van der Waals surface area (Å²) in [5.41, 5.74) is 3.18. The predicted octanol–water partition coefficient (Wildman–Crippen LogP) is 5.81. The molecule has 0 radical (unpaired) electrons. The number of ether oxygens (including phenoxy) is 2. The van der Waals surface area contributed by atoms with E-state index in [-0.39, 0.29) is 24.3 Å². The van der Waals surface area contributed by atoms with E-state index in [1.54, 1.807) is 19.2 Å². The van der Waals surface area contributed by atoms with Gasteiger partial charge in [0.1, 0.15) is 6.61 Å². The number of carbonyl (C=O) groups is 2. The van der Waals surface area contributed by atoms with Gasteiger partial charge in [-0.2, -0.15) is 0 Å². The lowest BCUT2D eigenvalue weighted by Gasteiger charge is -2.14. The van der Waals surface area contributed by atoms with Crippen LogP contribution in [0.25, 0.3) is 17.0 Å². The fourth-order valence-corrected chi connectivity index (χ4v) is 4.98. The van der Waals surface area contributed by atoms with Crippen molar-refractivity contribution in [1.82, 2.24) is 9.47 Å². The number of thioether (sulfide) groups is 1. The third kappa shape index (κ3) is 4.81. The highest BCUT2D eigenvalue weighted by molar-refractivity contribution is 8.18. The molecule has 1 aromatic heterocycles. The molecule has 176 valence electrons. The lowest BCUT2D eigenvalue weighted by molar-refractivity contribution is -0.123. The van der Waals surface area contributed by atoms with Crippen molar-refractivity contribution < 1.29 is 19.1 Å². The van der Waals surface area contributed by atoms with E-state index in [1.165, 1.54) is 10.5 Å². The average molecular weight is 485 g/mol. The lowest BCUT2D eigenvalue weighted by Crippen LogP contribution is -2.32. The first-order valence-electron chi connectivity index (χ1n) is 11.3. The van der Waals surface area contributed by atoms with Crippen molar-refractivity contribution in [1.29, 1.82) is 0 Å². The number of aromatic nitrogens is 1. The van der Waals surface area contributed by atoms with Crippen LogP contribution >= 0.6 is 11.8 Å². The van der Waals surface area contributed by atoms with Gasteiger partial charge in [-0.3, -0.25) is 14.5 Å². The lowest BCUT2D eigenvalue weighted by atomic mass is 10.1. The number of fused-ring (bicyclic) bond motifs is 1. The van der Waals surface area contributed by atoms with Gasteiger partial charge in [0, 0.05) is 29.2 Å². The molecule has 7 heteroatoms. The number of nitrogens with zero attached hydrogens (tertiary/aromatic N) is 2. The zero-order valence-electron chi connectivity index (χ0n) is 19.2. The van der Waals surface area contributed by atoms with Gasteiger partial charge in [0.2, 0.25) is 0 Å². The van der Waals surface area contributed by atoms with Crippen LogP contribution in [0.5, 0.6) is 11.5 Å². The summed E-state index contributed by atoms with van der Waals surface area (Å²) in [4.78, 5) is 27.3. The predicted molar refractivity (Wildman–Crippen MR) is 139 cm³/mol. The molecule has 1 saturated heterocycles. The Labute approximate surface area is 207 Å². The van der Waals surface area contributed by atoms with Crippen molar-refractivity contribution in [2.24, 2.45) is 0 Å². The number of methoxy groups -OCH3 is 1. The first-order valence-corrected chi connectivity index (χ1v) is 12.1. The van der Waals surface area contributed by atoms with Crippen molar-refractivity contribution in [2.75, 3.05) is 20.3 Å². The largest absolute Gasteiger partial charge is 0.493 e. The molecular formula is C28H24N2O4S. The minimum Gasteiger partial charge on any atom is -0.493 e. The van der Waals surface area contributed by atoms with E-state index in [4.69, 9.17) is 9.47 Å². The van der Waals surface area contributed by atoms with Gasteiger partial charge in [-0.05, 0) is 41.6 Å². The second-order valence-electron chi connectivity index (χ2n) is 8.05. The van der Waals surface area contributed by atoms with E-state index < -0.39 is 0 Å². The van der Waals surface area contributed by atoms with Crippen LogP contribution in [0, 0.1) is 0 Å². The molecule has 0 saturated carbocycles. The molecule has 0 aliphatic carbocycles. The maximum absolute atomic E-state index is 13.0. The maximum Gasteiger partial charge on any atom is 0.293 e. The third-order valence-electron chi connectivity index (χ3n) is 5.82. The molecule has 0 bridgehead atoms. The molecule has 1 aliphatic rings. The maximum atomic E-state index is 13.0. The smallest absolute Gasteiger partial charge is 0.293 e. The van der Waals surface area contributed by atoms with Gasteiger partial charge in [0.25, 0.3) is 11.1 Å². The molecular weight excluding hydrogens is 460 g/mol. The number of carbonyl (C=O) groups excluding carboxylic acids is 2. The Bertz CT molecular complexity index is 1410. The number of para-hydroxylation sites is 3. The van der Waals surface area contributed by atoms with Crippen LogP contribution in [-0.4, -0.2) is 40.9 Å². The summed E-state index contributed by atoms with van der Waals surface area (Å²) in [6, 6.07) is 25.6. The van der Waals surface area contributed by atoms with Crippen molar-refractivity contribution in [2.45, 2.75) is 6.54 Å². The number of imide groups is 1. The molecule has 4 aromatic rings. The van der Waals surface area contributed by atoms with E-state index in [1.807, 2.05) is 60.8 Å². The first-order chi connectivity index (χ1) is 17.1. The number of benzene rings is 3. The monoisotopic (exact) mass is 484 g/mol. The third-order valence-corrected chi connectivity index (χ3v) is 6.72. The highest BCUT2D eigenvalue weighted by atomic mass is 32.2. The summed E-state index contributed by atoms with van der Waals surface area (Å²) in [6.07, 6.45) is 3.85. The Morgan fingerprint density at radius 3 is 2.40 bits per heavy atom. The first kappa shape index (κ1) is 22.8. The fraction of sp³-hybridized carbons (Fsp3) is 0.143. The van der Waals surface area contributed by atoms with Gasteiger partial charge in [0.15, 0.2) is 11.5 Å². The van der Waals surface area contributed by atoms with Crippen LogP contribution < -0.4 is 9.47 Å². The minimum atomic E-state index is -0.302. The molecule has 1 aliphatic heterocycles. The summed E-state index contributed by atoms with van der Waals surface area (Å²) in [6.45, 7) is 1.06. The van der Waals surface area contributed by atoms with Gasteiger partial charge in [-0.1, -0.05) is 60.7 Å². The molecule has 0 N–H and O–H groups in total. The summed E-state index contributed by atoms with van der Waals surface area (Å²) >= 11 is 0.961. The van der Waals surface area contributed by atoms with Crippen molar-refractivity contribution in [3.63, 3.8) is 0 Å². The van der Waals surface area contributed by atoms with E-state index in [9.17, 15) is 9.59 Å². The Kier molecular flexibility index (Phi) is 6.59. The molecule has 6 nitrogen and oxygen atoms in total. The second kappa shape index (κ2) is 10.1. The van der Waals surface area contributed by atoms with E-state index in [0.29, 0.717) is 16.4 Å². The van der Waals surface area contributed by atoms with Crippen molar-refractivity contribution in [3.05, 3.63) is 101 Å². The Balaban J connectivity index is 1.34. The highest BCUT2D eigenvalue weighted by Crippen LogP contribution is 2.34. The molecule has 35 heavy (non-hydrogen) atoms. The van der Waals surface area contributed by atoms with Gasteiger partial charge in [-0.25, -0.2) is 0 Å². The Hall–Kier alpha value is -3.97. The van der Waals surface area contributed by atoms with Crippen molar-refractivity contribution >= 4 is 39.9 Å². The van der Waals surface area contributed by atoms with Crippen LogP contribution in [0.15, 0.2) is 90.0 Å². The van der Waals surface area contributed by atoms with Gasteiger partial charge < -0.3 is 14.0 Å². The molecule has 1 fully saturated rings. The molecule has 3 aromatic carbocycles. The summed E-state index contributed by atoms with van der Waals surface area (Å²) in [5, 5.41) is 0.743. The molecule has 2 amide bonds. The summed E-state index contributed by atoms with van der Waals surface area (Å²) in [5.74, 6) is 0.876. The van der Waals surface area contributed by atoms with Crippen LogP contribution in [0.1, 0.15) is 11.1 Å². The van der Waals surface area contributed by atoms with E-state index >= 15 is 0 Å². The van der Waals surface area contributed by atoms with Gasteiger partial charge in [0.05, 0.1) is 18.6 Å². The highest BCUT2D eigenvalue weighted by Gasteiger charge is 2.35. The van der Waals surface area contributed by atoms with Crippen LogP contribution in [0.3, 0.4) is 0 Å². The Morgan fingerprint density at radius 1 is 0.886 bits per heavy atom. The zero-order chi connectivity index (χ0) is 24.2. The summed E-state index contributed by atoms with van der Waals surface area (Å²) < 4.78 is 13.2. The standard InChI is InChI=1S/C28H24N2O4S/c1-33-24-13-7-8-14-25(24)34-16-15-30-27(31)26(35-28(30)32)17-21-19-29(18-20-9-3-2-4-10-20)23-12-6-5-11-22(21)23/h2-14,17,19H,15-16,18H2,1H3/b26-17-. The summed E-state index contributed by atoms with van der Waals surface area (Å²) in [7, 11) is 1.57. The zero-order valence-corrected chi connectivity index (χ0v) is 20.0. The number of rotatable bonds is 8. The fourth-order valence-electron chi connectivity index (χ4n) is 4.12. The molecule has 0 atom stereocenters. The quantitative estimate of drug-likeness (QED) is 0.295. The van der Waals surface area contributed by atoms with Crippen LogP contribution in [0.4, 0.5) is 4.79 Å². The molecule has 5 rings (SSSR count). The average Bonchev–Trinajstić information content (AvgIpc) is 3.36. The van der Waals surface area contributed by atoms with Crippen LogP contribution in [0.2, 0.25) is 0 Å². The van der Waals surface area contributed by atoms with E-state index in [2.05, 4.69) is 22.8 Å². The van der Waals surface area contributed by atoms with E-state index in [0.717, 1.165) is 34.8 Å². The van der Waals surface area contributed by atoms with Gasteiger partial charge in [-0.15, -0.1) is 0 Å². The number of hydrogen-bond acceptors (Lipinski definition) is 5. The number of amides is 2. The Morgan fingerprint density at radius 2 is 1.60 bits per heavy atom. The normalized spacial score (nSPS) is 14.8. The SMILES string of the molecule is COc1ccccc1OCCN1C(=O)S/C(=C\c2cn(Cc3ccccc3)c3ccccc23)C1=O. The molecule has 2 heterocycles. The van der Waals surface area contributed by atoms with Crippen LogP contribution in [-0.2, 0) is 11.3 Å².